The summed E-state index contributed by atoms with van der Waals surface area (Å²) in [5.74, 6) is 1.46. The molecule has 1 saturated heterocycles. The van der Waals surface area contributed by atoms with Gasteiger partial charge in [-0.05, 0) is 31.2 Å². The molecule has 2 unspecified atom stereocenters. The number of hydrogen-bond acceptors (Lipinski definition) is 4. The second kappa shape index (κ2) is 5.47. The van der Waals surface area contributed by atoms with E-state index in [1.807, 2.05) is 12.1 Å². The van der Waals surface area contributed by atoms with Gasteiger partial charge in [0.25, 0.3) is 0 Å². The molecule has 1 aromatic carbocycles. The van der Waals surface area contributed by atoms with Crippen molar-refractivity contribution in [3.05, 3.63) is 22.2 Å². The Morgan fingerprint density at radius 2 is 1.89 bits per heavy atom. The fourth-order valence-electron chi connectivity index (χ4n) is 2.54. The van der Waals surface area contributed by atoms with Crippen molar-refractivity contribution < 1.29 is 9.47 Å². The summed E-state index contributed by atoms with van der Waals surface area (Å²) in [6.45, 7) is 1.02. The highest BCUT2D eigenvalue weighted by Crippen LogP contribution is 2.40. The highest BCUT2D eigenvalue weighted by molar-refractivity contribution is 9.10. The summed E-state index contributed by atoms with van der Waals surface area (Å²) in [6.07, 6.45) is 1.02. The van der Waals surface area contributed by atoms with E-state index in [0.29, 0.717) is 0 Å². The molecule has 4 nitrogen and oxygen atoms in total. The van der Waals surface area contributed by atoms with Gasteiger partial charge in [0.15, 0.2) is 11.5 Å². The number of methoxy groups -OCH3 is 2. The minimum absolute atomic E-state index is 0.157. The van der Waals surface area contributed by atoms with Crippen LogP contribution in [0.4, 0.5) is 0 Å². The Bertz CT molecular complexity index is 429. The van der Waals surface area contributed by atoms with E-state index in [2.05, 4.69) is 27.9 Å². The molecule has 2 atom stereocenters. The van der Waals surface area contributed by atoms with Crippen LogP contribution >= 0.6 is 15.9 Å². The molecule has 1 aromatic rings. The van der Waals surface area contributed by atoms with E-state index >= 15 is 0 Å². The van der Waals surface area contributed by atoms with E-state index in [1.165, 1.54) is 0 Å². The van der Waals surface area contributed by atoms with Crippen LogP contribution in [-0.4, -0.2) is 38.8 Å². The van der Waals surface area contributed by atoms with Crippen LogP contribution in [-0.2, 0) is 0 Å². The first kappa shape index (κ1) is 13.6. The summed E-state index contributed by atoms with van der Waals surface area (Å²) in [7, 11) is 5.38. The average Bonchev–Trinajstić information content (AvgIpc) is 2.69. The van der Waals surface area contributed by atoms with Crippen molar-refractivity contribution in [3.8, 4) is 11.5 Å². The Kier molecular flexibility index (Phi) is 4.14. The lowest BCUT2D eigenvalue weighted by Crippen LogP contribution is -2.29. The van der Waals surface area contributed by atoms with Crippen LogP contribution in [0.1, 0.15) is 18.0 Å². The molecule has 100 valence electrons. The molecule has 0 amide bonds. The van der Waals surface area contributed by atoms with Crippen molar-refractivity contribution in [2.24, 2.45) is 5.73 Å². The van der Waals surface area contributed by atoms with Crippen molar-refractivity contribution in [3.63, 3.8) is 0 Å². The third-order valence-electron chi connectivity index (χ3n) is 3.52. The van der Waals surface area contributed by atoms with Crippen LogP contribution in [0.2, 0.25) is 0 Å². The Hall–Kier alpha value is -0.780. The van der Waals surface area contributed by atoms with Gasteiger partial charge in [0, 0.05) is 17.1 Å². The Balaban J connectivity index is 2.44. The topological polar surface area (TPSA) is 47.7 Å². The summed E-state index contributed by atoms with van der Waals surface area (Å²) >= 11 is 3.60. The number of likely N-dealkylation sites (N-methyl/N-ethyl adjacent to an activating group) is 1. The van der Waals surface area contributed by atoms with Gasteiger partial charge >= 0.3 is 0 Å². The summed E-state index contributed by atoms with van der Waals surface area (Å²) < 4.78 is 11.7. The van der Waals surface area contributed by atoms with Gasteiger partial charge in [-0.3, -0.25) is 4.90 Å². The van der Waals surface area contributed by atoms with Gasteiger partial charge in [-0.2, -0.15) is 0 Å². The predicted octanol–water partition coefficient (Wildman–Crippen LogP) is 2.17. The molecule has 0 aliphatic carbocycles. The molecule has 2 rings (SSSR count). The van der Waals surface area contributed by atoms with Crippen LogP contribution in [0, 0.1) is 0 Å². The van der Waals surface area contributed by atoms with Crippen LogP contribution < -0.4 is 15.2 Å². The average molecular weight is 315 g/mol. The number of nitrogens with zero attached hydrogens (tertiary/aromatic N) is 1. The number of likely N-dealkylation sites (tertiary alicyclic amines) is 1. The maximum Gasteiger partial charge on any atom is 0.161 e. The molecule has 0 saturated carbocycles. The summed E-state index contributed by atoms with van der Waals surface area (Å²) in [6, 6.07) is 4.33. The molecule has 1 heterocycles. The fraction of sp³-hybridized carbons (Fsp3) is 0.538. The quantitative estimate of drug-likeness (QED) is 0.929. The molecule has 2 N–H and O–H groups in total. The molecule has 0 aromatic heterocycles. The van der Waals surface area contributed by atoms with Crippen molar-refractivity contribution in [1.82, 2.24) is 4.90 Å². The zero-order valence-corrected chi connectivity index (χ0v) is 12.5. The highest BCUT2D eigenvalue weighted by atomic mass is 79.9. The number of benzene rings is 1. The second-order valence-electron chi connectivity index (χ2n) is 4.61. The Morgan fingerprint density at radius 1 is 1.28 bits per heavy atom. The summed E-state index contributed by atoms with van der Waals surface area (Å²) in [4.78, 5) is 2.27. The third kappa shape index (κ3) is 2.35. The normalized spacial score (nSPS) is 24.3. The van der Waals surface area contributed by atoms with Gasteiger partial charge in [0.1, 0.15) is 0 Å². The molecule has 0 bridgehead atoms. The van der Waals surface area contributed by atoms with Gasteiger partial charge in [-0.1, -0.05) is 15.9 Å². The van der Waals surface area contributed by atoms with Crippen LogP contribution in [0.5, 0.6) is 11.5 Å². The van der Waals surface area contributed by atoms with Gasteiger partial charge < -0.3 is 15.2 Å². The lowest BCUT2D eigenvalue weighted by atomic mass is 10.0. The number of rotatable bonds is 3. The van der Waals surface area contributed by atoms with Gasteiger partial charge in [-0.25, -0.2) is 0 Å². The molecule has 1 fully saturated rings. The van der Waals surface area contributed by atoms with E-state index < -0.39 is 0 Å². The molecule has 0 radical (unpaired) electrons. The van der Waals surface area contributed by atoms with Crippen molar-refractivity contribution >= 4 is 15.9 Å². The second-order valence-corrected chi connectivity index (χ2v) is 5.46. The molecular formula is C13H19BrN2O2. The summed E-state index contributed by atoms with van der Waals surface area (Å²) in [5.41, 5.74) is 7.35. The SMILES string of the molecule is COc1cc(Br)c(C2C(N)CCN2C)cc1OC. The van der Waals surface area contributed by atoms with Crippen molar-refractivity contribution in [2.75, 3.05) is 27.8 Å². The smallest absolute Gasteiger partial charge is 0.161 e. The van der Waals surface area contributed by atoms with Crippen molar-refractivity contribution in [2.45, 2.75) is 18.5 Å². The van der Waals surface area contributed by atoms with Gasteiger partial charge in [0.05, 0.1) is 20.3 Å². The zero-order valence-electron chi connectivity index (χ0n) is 10.9. The Morgan fingerprint density at radius 3 is 2.39 bits per heavy atom. The first-order valence-electron chi connectivity index (χ1n) is 5.95. The molecular weight excluding hydrogens is 296 g/mol. The minimum Gasteiger partial charge on any atom is -0.493 e. The van der Waals surface area contributed by atoms with Crippen LogP contribution in [0.3, 0.4) is 0 Å². The zero-order chi connectivity index (χ0) is 13.3. The van der Waals surface area contributed by atoms with E-state index in [1.54, 1.807) is 14.2 Å². The fourth-order valence-corrected chi connectivity index (χ4v) is 3.10. The number of nitrogens with two attached hydrogens (primary N) is 1. The highest BCUT2D eigenvalue weighted by Gasteiger charge is 2.32. The monoisotopic (exact) mass is 314 g/mol. The number of halogens is 1. The van der Waals surface area contributed by atoms with Crippen LogP contribution in [0.25, 0.3) is 0 Å². The van der Waals surface area contributed by atoms with E-state index in [4.69, 9.17) is 15.2 Å². The lowest BCUT2D eigenvalue weighted by molar-refractivity contribution is 0.300. The van der Waals surface area contributed by atoms with E-state index in [9.17, 15) is 0 Å². The molecule has 1 aliphatic rings. The third-order valence-corrected chi connectivity index (χ3v) is 4.20. The maximum absolute atomic E-state index is 6.20. The largest absolute Gasteiger partial charge is 0.493 e. The van der Waals surface area contributed by atoms with E-state index in [-0.39, 0.29) is 12.1 Å². The number of hydrogen-bond donors (Lipinski definition) is 1. The van der Waals surface area contributed by atoms with E-state index in [0.717, 1.165) is 34.5 Å². The molecule has 1 aliphatic heterocycles. The van der Waals surface area contributed by atoms with Gasteiger partial charge in [-0.15, -0.1) is 0 Å². The first-order chi connectivity index (χ1) is 8.58. The molecule has 18 heavy (non-hydrogen) atoms. The summed E-state index contributed by atoms with van der Waals surface area (Å²) in [5, 5.41) is 0. The molecule has 5 heteroatoms. The minimum atomic E-state index is 0.157. The lowest BCUT2D eigenvalue weighted by Gasteiger charge is -2.25. The van der Waals surface area contributed by atoms with Gasteiger partial charge in [0.2, 0.25) is 0 Å². The predicted molar refractivity (Wildman–Crippen MR) is 75.2 cm³/mol. The molecule has 0 spiro atoms. The maximum atomic E-state index is 6.20. The van der Waals surface area contributed by atoms with Crippen molar-refractivity contribution in [1.29, 1.82) is 0 Å². The first-order valence-corrected chi connectivity index (χ1v) is 6.75. The number of ether oxygens (including phenoxy) is 2. The Labute approximate surface area is 116 Å². The van der Waals surface area contributed by atoms with Crippen LogP contribution in [0.15, 0.2) is 16.6 Å². The standard InChI is InChI=1S/C13H19BrN2O2/c1-16-5-4-10(15)13(16)8-6-11(17-2)12(18-3)7-9(8)14/h6-7,10,13H,4-5,15H2,1-3H3.